The number of amides is 1. The third-order valence-corrected chi connectivity index (χ3v) is 5.55. The van der Waals surface area contributed by atoms with Gasteiger partial charge in [-0.2, -0.15) is 11.3 Å². The molecule has 0 saturated heterocycles. The molecule has 0 bridgehead atoms. The molecule has 3 heterocycles. The van der Waals surface area contributed by atoms with Crippen LogP contribution in [-0.4, -0.2) is 28.0 Å². The second kappa shape index (κ2) is 8.29. The number of aromatic nitrogens is 2. The molecule has 0 aromatic carbocycles. The molecule has 3 aromatic heterocycles. The Bertz CT molecular complexity index is 836. The third-order valence-electron chi connectivity index (χ3n) is 3.80. The molecule has 6 nitrogen and oxygen atoms in total. The Morgan fingerprint density at radius 1 is 1.35 bits per heavy atom. The SMILES string of the molecule is CCOC(=O)c1sc(NC(=O)C[C@H](c2ccsc2)n2cccc2)nc1C. The Kier molecular flexibility index (Phi) is 5.85. The summed E-state index contributed by atoms with van der Waals surface area (Å²) in [6.45, 7) is 3.78. The number of hydrogen-bond acceptors (Lipinski definition) is 6. The fraction of sp³-hybridized carbons (Fsp3) is 0.278. The number of thiophene rings is 1. The van der Waals surface area contributed by atoms with E-state index in [1.165, 1.54) is 0 Å². The van der Waals surface area contributed by atoms with E-state index >= 15 is 0 Å². The van der Waals surface area contributed by atoms with Crippen molar-refractivity contribution < 1.29 is 14.3 Å². The van der Waals surface area contributed by atoms with Gasteiger partial charge in [-0.15, -0.1) is 0 Å². The summed E-state index contributed by atoms with van der Waals surface area (Å²) in [5, 5.41) is 7.26. The molecule has 0 aliphatic carbocycles. The van der Waals surface area contributed by atoms with Crippen molar-refractivity contribution >= 4 is 39.7 Å². The van der Waals surface area contributed by atoms with Crippen molar-refractivity contribution in [2.45, 2.75) is 26.3 Å². The molecule has 0 unspecified atom stereocenters. The van der Waals surface area contributed by atoms with Crippen LogP contribution in [0.15, 0.2) is 41.4 Å². The van der Waals surface area contributed by atoms with E-state index in [9.17, 15) is 9.59 Å². The minimum atomic E-state index is -0.411. The lowest BCUT2D eigenvalue weighted by Crippen LogP contribution is -2.19. The Morgan fingerprint density at radius 3 is 2.77 bits per heavy atom. The largest absolute Gasteiger partial charge is 0.462 e. The molecule has 0 saturated carbocycles. The quantitative estimate of drug-likeness (QED) is 0.617. The minimum Gasteiger partial charge on any atom is -0.462 e. The van der Waals surface area contributed by atoms with Crippen LogP contribution in [0.5, 0.6) is 0 Å². The zero-order valence-electron chi connectivity index (χ0n) is 14.5. The number of aryl methyl sites for hydroxylation is 1. The number of nitrogens with zero attached hydrogens (tertiary/aromatic N) is 2. The molecule has 0 spiro atoms. The van der Waals surface area contributed by atoms with Crippen molar-refractivity contribution in [3.63, 3.8) is 0 Å². The van der Waals surface area contributed by atoms with Crippen LogP contribution in [-0.2, 0) is 9.53 Å². The summed E-state index contributed by atoms with van der Waals surface area (Å²) in [7, 11) is 0. The zero-order chi connectivity index (χ0) is 18.5. The van der Waals surface area contributed by atoms with Gasteiger partial charge in [-0.25, -0.2) is 9.78 Å². The van der Waals surface area contributed by atoms with Crippen molar-refractivity contribution in [1.29, 1.82) is 0 Å². The fourth-order valence-corrected chi connectivity index (χ4v) is 4.18. The summed E-state index contributed by atoms with van der Waals surface area (Å²) in [4.78, 5) is 29.1. The van der Waals surface area contributed by atoms with Gasteiger partial charge in [-0.1, -0.05) is 11.3 Å². The lowest BCUT2D eigenvalue weighted by molar-refractivity contribution is -0.116. The number of thiazole rings is 1. The van der Waals surface area contributed by atoms with Crippen LogP contribution in [0.3, 0.4) is 0 Å². The lowest BCUT2D eigenvalue weighted by atomic mass is 10.1. The molecule has 1 amide bonds. The van der Waals surface area contributed by atoms with Gasteiger partial charge in [0.05, 0.1) is 24.8 Å². The first-order valence-corrected chi connectivity index (χ1v) is 9.93. The van der Waals surface area contributed by atoms with Crippen LogP contribution in [0.2, 0.25) is 0 Å². The predicted molar refractivity (Wildman–Crippen MR) is 103 cm³/mol. The summed E-state index contributed by atoms with van der Waals surface area (Å²) in [5.74, 6) is -0.564. The van der Waals surface area contributed by atoms with Crippen LogP contribution in [0.4, 0.5) is 5.13 Å². The first-order valence-electron chi connectivity index (χ1n) is 8.17. The monoisotopic (exact) mass is 389 g/mol. The van der Waals surface area contributed by atoms with Gasteiger partial charge in [-0.05, 0) is 48.4 Å². The highest BCUT2D eigenvalue weighted by molar-refractivity contribution is 7.17. The summed E-state index contributed by atoms with van der Waals surface area (Å²) in [5.41, 5.74) is 1.65. The molecule has 0 radical (unpaired) electrons. The van der Waals surface area contributed by atoms with Crippen molar-refractivity contribution in [2.75, 3.05) is 11.9 Å². The standard InChI is InChI=1S/C18H19N3O3S2/c1-3-24-17(23)16-12(2)19-18(26-16)20-15(22)10-14(13-6-9-25-11-13)21-7-4-5-8-21/h4-9,11,14H,3,10H2,1-2H3,(H,19,20,22)/t14-/m1/s1. The van der Waals surface area contributed by atoms with E-state index < -0.39 is 5.97 Å². The summed E-state index contributed by atoms with van der Waals surface area (Å²) in [6.07, 6.45) is 4.17. The maximum absolute atomic E-state index is 12.6. The summed E-state index contributed by atoms with van der Waals surface area (Å²) >= 11 is 2.74. The van der Waals surface area contributed by atoms with E-state index in [2.05, 4.69) is 10.3 Å². The average molecular weight is 390 g/mol. The molecule has 3 aromatic rings. The molecule has 0 aliphatic rings. The van der Waals surface area contributed by atoms with Gasteiger partial charge in [0.1, 0.15) is 4.88 Å². The van der Waals surface area contributed by atoms with Crippen molar-refractivity contribution in [2.24, 2.45) is 0 Å². The highest BCUT2D eigenvalue weighted by Crippen LogP contribution is 2.27. The number of carbonyl (C=O) groups excluding carboxylic acids is 2. The minimum absolute atomic E-state index is 0.0816. The molecular weight excluding hydrogens is 370 g/mol. The van der Waals surface area contributed by atoms with Gasteiger partial charge in [0.25, 0.3) is 0 Å². The smallest absolute Gasteiger partial charge is 0.350 e. The van der Waals surface area contributed by atoms with Gasteiger partial charge in [-0.3, -0.25) is 4.79 Å². The second-order valence-corrected chi connectivity index (χ2v) is 7.39. The van der Waals surface area contributed by atoms with Gasteiger partial charge in [0.2, 0.25) is 5.91 Å². The molecule has 0 aliphatic heterocycles. The first kappa shape index (κ1) is 18.3. The number of rotatable bonds is 7. The lowest BCUT2D eigenvalue weighted by Gasteiger charge is -2.17. The van der Waals surface area contributed by atoms with E-state index in [1.807, 2.05) is 45.9 Å². The number of hydrogen-bond donors (Lipinski definition) is 1. The van der Waals surface area contributed by atoms with Crippen LogP contribution < -0.4 is 5.32 Å². The summed E-state index contributed by atoms with van der Waals surface area (Å²) in [6, 6.07) is 5.82. The summed E-state index contributed by atoms with van der Waals surface area (Å²) < 4.78 is 7.02. The van der Waals surface area contributed by atoms with Crippen molar-refractivity contribution in [1.82, 2.24) is 9.55 Å². The highest BCUT2D eigenvalue weighted by Gasteiger charge is 2.21. The fourth-order valence-electron chi connectivity index (χ4n) is 2.60. The first-order chi connectivity index (χ1) is 12.6. The van der Waals surface area contributed by atoms with E-state index in [-0.39, 0.29) is 18.4 Å². The average Bonchev–Trinajstić information content (AvgIpc) is 3.35. The molecule has 0 fully saturated rings. The Balaban J connectivity index is 1.71. The second-order valence-electron chi connectivity index (χ2n) is 5.61. The predicted octanol–water partition coefficient (Wildman–Crippen LogP) is 4.11. The Labute approximate surface area is 159 Å². The van der Waals surface area contributed by atoms with Crippen molar-refractivity contribution in [3.05, 3.63) is 57.5 Å². The van der Waals surface area contributed by atoms with Crippen LogP contribution in [0, 0.1) is 6.92 Å². The molecule has 26 heavy (non-hydrogen) atoms. The molecular formula is C18H19N3O3S2. The number of nitrogens with one attached hydrogen (secondary N) is 1. The number of anilines is 1. The Hall–Kier alpha value is -2.45. The van der Waals surface area contributed by atoms with Crippen LogP contribution in [0.25, 0.3) is 0 Å². The molecule has 3 rings (SSSR count). The van der Waals surface area contributed by atoms with Crippen molar-refractivity contribution in [3.8, 4) is 0 Å². The van der Waals surface area contributed by atoms with Gasteiger partial charge < -0.3 is 14.6 Å². The van der Waals surface area contributed by atoms with Gasteiger partial charge >= 0.3 is 5.97 Å². The number of ether oxygens (including phenoxy) is 1. The maximum Gasteiger partial charge on any atom is 0.350 e. The highest BCUT2D eigenvalue weighted by atomic mass is 32.1. The molecule has 136 valence electrons. The van der Waals surface area contributed by atoms with Gasteiger partial charge in [0.15, 0.2) is 5.13 Å². The van der Waals surface area contributed by atoms with Crippen LogP contribution in [0.1, 0.15) is 40.3 Å². The Morgan fingerprint density at radius 2 is 2.12 bits per heavy atom. The zero-order valence-corrected chi connectivity index (χ0v) is 16.1. The van der Waals surface area contributed by atoms with E-state index in [0.29, 0.717) is 22.3 Å². The van der Waals surface area contributed by atoms with E-state index in [1.54, 1.807) is 25.2 Å². The molecule has 1 N–H and O–H groups in total. The molecule has 1 atom stereocenters. The van der Waals surface area contributed by atoms with Crippen LogP contribution >= 0.6 is 22.7 Å². The maximum atomic E-state index is 12.6. The number of esters is 1. The molecule has 8 heteroatoms. The van der Waals surface area contributed by atoms with E-state index in [0.717, 1.165) is 16.9 Å². The van der Waals surface area contributed by atoms with Gasteiger partial charge in [0, 0.05) is 12.4 Å². The third kappa shape index (κ3) is 4.20. The number of carbonyl (C=O) groups is 2. The normalized spacial score (nSPS) is 11.9. The van der Waals surface area contributed by atoms with E-state index in [4.69, 9.17) is 4.74 Å². The topological polar surface area (TPSA) is 73.2 Å².